The molecule has 1 fully saturated rings. The van der Waals surface area contributed by atoms with Gasteiger partial charge in [-0.3, -0.25) is 4.79 Å². The number of nitrogens with zero attached hydrogens (tertiary/aromatic N) is 4. The summed E-state index contributed by atoms with van der Waals surface area (Å²) in [6, 6.07) is 6.71. The number of carbonyl (C=O) groups is 1. The maximum atomic E-state index is 13.0. The van der Waals surface area contributed by atoms with E-state index in [1.165, 1.54) is 17.0 Å². The van der Waals surface area contributed by atoms with E-state index in [1.54, 1.807) is 28.9 Å². The van der Waals surface area contributed by atoms with Crippen LogP contribution in [0.2, 0.25) is 0 Å². The Bertz CT molecular complexity index is 820. The minimum atomic E-state index is -3.75. The van der Waals surface area contributed by atoms with Crippen molar-refractivity contribution in [2.24, 2.45) is 5.92 Å². The molecule has 0 bridgehead atoms. The Labute approximate surface area is 139 Å². The molecular weight excluding hydrogens is 332 g/mol. The molecule has 0 spiro atoms. The van der Waals surface area contributed by atoms with Gasteiger partial charge in [-0.15, -0.1) is 0 Å². The average molecular weight is 350 g/mol. The van der Waals surface area contributed by atoms with E-state index in [0.29, 0.717) is 24.9 Å². The standard InChI is InChI=1S/C15H18N4O4S/c20-15(21)13-5-3-7-19(9-13)24(22,23)14-6-2-1-4-12(14)8-18-11-16-10-17-18/h1-2,4,6,10-11,13H,3,5,7-9H2,(H,20,21). The van der Waals surface area contributed by atoms with Gasteiger partial charge in [0.1, 0.15) is 12.7 Å². The predicted molar refractivity (Wildman–Crippen MR) is 84.7 cm³/mol. The van der Waals surface area contributed by atoms with Crippen molar-refractivity contribution in [3.63, 3.8) is 0 Å². The summed E-state index contributed by atoms with van der Waals surface area (Å²) in [4.78, 5) is 15.2. The Morgan fingerprint density at radius 1 is 1.33 bits per heavy atom. The van der Waals surface area contributed by atoms with Crippen LogP contribution in [-0.4, -0.2) is 51.7 Å². The average Bonchev–Trinajstić information content (AvgIpc) is 3.08. The van der Waals surface area contributed by atoms with Gasteiger partial charge in [0.05, 0.1) is 17.4 Å². The van der Waals surface area contributed by atoms with Crippen molar-refractivity contribution >= 4 is 16.0 Å². The number of aromatic nitrogens is 3. The quantitative estimate of drug-likeness (QED) is 0.855. The molecule has 3 rings (SSSR count). The molecule has 1 N–H and O–H groups in total. The number of piperidine rings is 1. The molecule has 128 valence electrons. The van der Waals surface area contributed by atoms with Crippen LogP contribution in [0.1, 0.15) is 18.4 Å². The number of sulfonamides is 1. The second-order valence-corrected chi connectivity index (χ2v) is 7.65. The van der Waals surface area contributed by atoms with Gasteiger partial charge in [0, 0.05) is 13.1 Å². The zero-order valence-electron chi connectivity index (χ0n) is 12.9. The van der Waals surface area contributed by atoms with Crippen molar-refractivity contribution < 1.29 is 18.3 Å². The molecule has 1 aromatic carbocycles. The molecule has 1 unspecified atom stereocenters. The lowest BCUT2D eigenvalue weighted by atomic mass is 10.0. The van der Waals surface area contributed by atoms with Crippen LogP contribution in [0.5, 0.6) is 0 Å². The molecule has 0 saturated carbocycles. The first kappa shape index (κ1) is 16.6. The van der Waals surface area contributed by atoms with Gasteiger partial charge >= 0.3 is 5.97 Å². The summed E-state index contributed by atoms with van der Waals surface area (Å²) in [6.45, 7) is 0.630. The Morgan fingerprint density at radius 2 is 2.12 bits per heavy atom. The fourth-order valence-electron chi connectivity index (χ4n) is 2.88. The van der Waals surface area contributed by atoms with Gasteiger partial charge in [-0.1, -0.05) is 18.2 Å². The van der Waals surface area contributed by atoms with Crippen LogP contribution in [-0.2, 0) is 21.4 Å². The van der Waals surface area contributed by atoms with E-state index < -0.39 is 21.9 Å². The van der Waals surface area contributed by atoms with Gasteiger partial charge in [0.15, 0.2) is 0 Å². The van der Waals surface area contributed by atoms with E-state index in [-0.39, 0.29) is 18.0 Å². The lowest BCUT2D eigenvalue weighted by Crippen LogP contribution is -2.42. The number of carboxylic acid groups (broad SMARTS) is 1. The topological polar surface area (TPSA) is 105 Å². The predicted octanol–water partition coefficient (Wildman–Crippen LogP) is 0.812. The summed E-state index contributed by atoms with van der Waals surface area (Å²) in [6.07, 6.45) is 3.95. The third-order valence-electron chi connectivity index (χ3n) is 4.12. The Morgan fingerprint density at radius 3 is 2.83 bits per heavy atom. The molecule has 2 aromatic rings. The molecule has 0 amide bonds. The highest BCUT2D eigenvalue weighted by atomic mass is 32.2. The maximum absolute atomic E-state index is 13.0. The number of aliphatic carboxylic acids is 1. The summed E-state index contributed by atoms with van der Waals surface area (Å²) in [5.41, 5.74) is 0.598. The molecule has 24 heavy (non-hydrogen) atoms. The Balaban J connectivity index is 1.91. The molecule has 1 atom stereocenters. The van der Waals surface area contributed by atoms with Crippen molar-refractivity contribution in [2.45, 2.75) is 24.3 Å². The third kappa shape index (κ3) is 3.31. The van der Waals surface area contributed by atoms with Crippen LogP contribution >= 0.6 is 0 Å². The summed E-state index contributed by atoms with van der Waals surface area (Å²) >= 11 is 0. The van der Waals surface area contributed by atoms with E-state index in [9.17, 15) is 18.3 Å². The van der Waals surface area contributed by atoms with Crippen molar-refractivity contribution in [3.8, 4) is 0 Å². The molecule has 0 aliphatic carbocycles. The minimum Gasteiger partial charge on any atom is -0.481 e. The Kier molecular flexibility index (Phi) is 4.63. The summed E-state index contributed by atoms with van der Waals surface area (Å²) < 4.78 is 28.8. The molecule has 1 aromatic heterocycles. The lowest BCUT2D eigenvalue weighted by molar-refractivity contribution is -0.142. The largest absolute Gasteiger partial charge is 0.481 e. The minimum absolute atomic E-state index is 0.00925. The van der Waals surface area contributed by atoms with Gasteiger partial charge in [0.2, 0.25) is 10.0 Å². The second-order valence-electron chi connectivity index (χ2n) is 5.74. The molecular formula is C15H18N4O4S. The van der Waals surface area contributed by atoms with E-state index in [0.717, 1.165) is 0 Å². The highest BCUT2D eigenvalue weighted by Gasteiger charge is 2.34. The number of carboxylic acids is 1. The second kappa shape index (κ2) is 6.70. The molecule has 0 radical (unpaired) electrons. The highest BCUT2D eigenvalue weighted by Crippen LogP contribution is 2.26. The monoisotopic (exact) mass is 350 g/mol. The van der Waals surface area contributed by atoms with Crippen LogP contribution in [0.4, 0.5) is 0 Å². The van der Waals surface area contributed by atoms with Crippen LogP contribution in [0.15, 0.2) is 41.8 Å². The fraction of sp³-hybridized carbons (Fsp3) is 0.400. The van der Waals surface area contributed by atoms with Crippen molar-refractivity contribution in [3.05, 3.63) is 42.5 Å². The van der Waals surface area contributed by atoms with E-state index in [1.807, 2.05) is 0 Å². The first-order valence-electron chi connectivity index (χ1n) is 7.62. The molecule has 9 heteroatoms. The van der Waals surface area contributed by atoms with E-state index in [2.05, 4.69) is 10.1 Å². The Hall–Kier alpha value is -2.26. The van der Waals surface area contributed by atoms with Gasteiger partial charge in [-0.05, 0) is 24.5 Å². The fourth-order valence-corrected chi connectivity index (χ4v) is 4.61. The summed E-state index contributed by atoms with van der Waals surface area (Å²) in [7, 11) is -3.75. The first-order chi connectivity index (χ1) is 11.5. The van der Waals surface area contributed by atoms with Crippen molar-refractivity contribution in [1.29, 1.82) is 0 Å². The number of benzene rings is 1. The van der Waals surface area contributed by atoms with Crippen LogP contribution in [0.3, 0.4) is 0 Å². The SMILES string of the molecule is O=C(O)C1CCCN(S(=O)(=O)c2ccccc2Cn2cncn2)C1. The van der Waals surface area contributed by atoms with E-state index in [4.69, 9.17) is 0 Å². The van der Waals surface area contributed by atoms with Gasteiger partial charge in [0.25, 0.3) is 0 Å². The van der Waals surface area contributed by atoms with Gasteiger partial charge in [-0.25, -0.2) is 18.1 Å². The zero-order valence-corrected chi connectivity index (χ0v) is 13.8. The molecule has 1 aliphatic heterocycles. The molecule has 8 nitrogen and oxygen atoms in total. The molecule has 2 heterocycles. The van der Waals surface area contributed by atoms with E-state index >= 15 is 0 Å². The lowest BCUT2D eigenvalue weighted by Gasteiger charge is -2.30. The van der Waals surface area contributed by atoms with Crippen LogP contribution in [0, 0.1) is 5.92 Å². The highest BCUT2D eigenvalue weighted by molar-refractivity contribution is 7.89. The van der Waals surface area contributed by atoms with Crippen LogP contribution < -0.4 is 0 Å². The number of hydrogen-bond acceptors (Lipinski definition) is 5. The number of rotatable bonds is 5. The van der Waals surface area contributed by atoms with Crippen molar-refractivity contribution in [2.75, 3.05) is 13.1 Å². The number of hydrogen-bond donors (Lipinski definition) is 1. The van der Waals surface area contributed by atoms with Gasteiger partial charge < -0.3 is 5.11 Å². The zero-order chi connectivity index (χ0) is 17.2. The van der Waals surface area contributed by atoms with Crippen LogP contribution in [0.25, 0.3) is 0 Å². The van der Waals surface area contributed by atoms with Crippen molar-refractivity contribution in [1.82, 2.24) is 19.1 Å². The smallest absolute Gasteiger partial charge is 0.307 e. The summed E-state index contributed by atoms with van der Waals surface area (Å²) in [5.74, 6) is -1.61. The third-order valence-corrected chi connectivity index (χ3v) is 6.09. The van der Waals surface area contributed by atoms with Gasteiger partial charge in [-0.2, -0.15) is 9.40 Å². The first-order valence-corrected chi connectivity index (χ1v) is 9.06. The summed E-state index contributed by atoms with van der Waals surface area (Å²) in [5, 5.41) is 13.2. The normalized spacial score (nSPS) is 19.2. The maximum Gasteiger partial charge on any atom is 0.307 e. The molecule has 1 aliphatic rings. The molecule has 1 saturated heterocycles.